The summed E-state index contributed by atoms with van der Waals surface area (Å²) in [6.07, 6.45) is 0. The molecule has 0 radical (unpaired) electrons. The Morgan fingerprint density at radius 1 is 0.923 bits per heavy atom. The van der Waals surface area contributed by atoms with Crippen LogP contribution in [0, 0.1) is 0 Å². The molecule has 0 amide bonds. The number of carbonyl (C=O) groups excluding carboxylic acids is 2. The topological polar surface area (TPSA) is 143 Å². The van der Waals surface area contributed by atoms with Gasteiger partial charge >= 0.3 is 23.1 Å². The molecule has 0 heterocycles. The van der Waals surface area contributed by atoms with Crippen LogP contribution in [0.15, 0.2) is 0 Å². The molecule has 0 aliphatic rings. The molecule has 0 saturated heterocycles. The third-order valence-electron chi connectivity index (χ3n) is 0.258. The molecule has 0 bridgehead atoms. The van der Waals surface area contributed by atoms with E-state index >= 15 is 0 Å². The van der Waals surface area contributed by atoms with Gasteiger partial charge in [0.05, 0.1) is 11.9 Å². The van der Waals surface area contributed by atoms with Gasteiger partial charge in [-0.3, -0.25) is 0 Å². The Labute approximate surface area is 102 Å². The van der Waals surface area contributed by atoms with Crippen LogP contribution in [0.2, 0.25) is 0 Å². The molecule has 0 aromatic rings. The summed E-state index contributed by atoms with van der Waals surface area (Å²) in [7, 11) is 0. The van der Waals surface area contributed by atoms with Gasteiger partial charge < -0.3 is 30.8 Å². The van der Waals surface area contributed by atoms with Gasteiger partial charge in [0.25, 0.3) is 0 Å². The van der Waals surface area contributed by atoms with Gasteiger partial charge in [0.2, 0.25) is 0 Å². The Bertz CT molecular complexity index is 107. The van der Waals surface area contributed by atoms with Crippen LogP contribution in [-0.2, 0) is 9.59 Å². The number of hydrogen-bond donors (Lipinski definition) is 2. The average Bonchev–Trinajstić information content (AvgIpc) is 1.89. The zero-order chi connectivity index (χ0) is 8.57. The van der Waals surface area contributed by atoms with Gasteiger partial charge in [0.1, 0.15) is 0 Å². The Hall–Kier alpha value is 0.326. The van der Waals surface area contributed by atoms with Crippen LogP contribution in [0.3, 0.4) is 0 Å². The summed E-state index contributed by atoms with van der Waals surface area (Å²) in [5.41, 5.74) is 0. The molecule has 0 spiro atoms. The van der Waals surface area contributed by atoms with Gasteiger partial charge in [-0.1, -0.05) is 0 Å². The molecule has 0 atom stereocenters. The molecule has 0 fully saturated rings. The number of rotatable bonds is 2. The Balaban J connectivity index is -0.0000000267. The smallest absolute Gasteiger partial charge is 0.549 e. The second-order valence-electron chi connectivity index (χ2n) is 1.06. The molecule has 0 aliphatic heterocycles. The van der Waals surface area contributed by atoms with E-state index in [0.29, 0.717) is 0 Å². The van der Waals surface area contributed by atoms with E-state index in [4.69, 9.17) is 0 Å². The fourth-order valence-corrected chi connectivity index (χ4v) is 0. The van der Waals surface area contributed by atoms with Crippen molar-refractivity contribution in [3.8, 4) is 0 Å². The molecular weight excluding hydrogens is 232 g/mol. The molecule has 0 unspecified atom stereocenters. The summed E-state index contributed by atoms with van der Waals surface area (Å²) in [4.78, 5) is 18.4. The second kappa shape index (κ2) is 22.8. The van der Waals surface area contributed by atoms with E-state index in [-0.39, 0.29) is 45.5 Å². The first kappa shape index (κ1) is 29.2. The Morgan fingerprint density at radius 3 is 1.00 bits per heavy atom. The maximum Gasteiger partial charge on any atom is 2.00 e. The monoisotopic (exact) mass is 242 g/mol. The number of carbonyl (C=O) groups is 2. The minimum absolute atomic E-state index is 0. The quantitative estimate of drug-likeness (QED) is 0.370. The normalized spacial score (nSPS) is 5.69. The van der Waals surface area contributed by atoms with Crippen molar-refractivity contribution in [3.05, 3.63) is 0 Å². The minimum Gasteiger partial charge on any atom is -0.549 e. The molecule has 0 saturated carbocycles. The first-order valence-corrected chi connectivity index (χ1v) is 3.42. The fraction of sp³-hybridized carbons (Fsp3) is 0.500. The molecule has 0 aromatic heterocycles. The van der Waals surface area contributed by atoms with Crippen LogP contribution in [0.25, 0.3) is 0 Å². The van der Waals surface area contributed by atoms with Crippen molar-refractivity contribution in [1.82, 2.24) is 0 Å². The first-order chi connectivity index (χ1) is 4.54. The standard InChI is InChI=1S/2C2H4O2S.Mg.2H2O/c2*3-2(4)1-5;;;/h2*5H,1H2,(H,3,4);;2*1H2/q;;+2;;/p-2. The van der Waals surface area contributed by atoms with Crippen molar-refractivity contribution >= 4 is 60.2 Å². The van der Waals surface area contributed by atoms with Gasteiger partial charge in [-0.2, -0.15) is 25.3 Å². The summed E-state index contributed by atoms with van der Waals surface area (Å²) >= 11 is 6.71. The maximum absolute atomic E-state index is 9.18. The first-order valence-electron chi connectivity index (χ1n) is 2.16. The van der Waals surface area contributed by atoms with Gasteiger partial charge in [0.15, 0.2) is 0 Å². The van der Waals surface area contributed by atoms with E-state index in [2.05, 4.69) is 25.3 Å². The molecule has 4 N–H and O–H groups in total. The summed E-state index contributed by atoms with van der Waals surface area (Å²) in [5.74, 6) is -2.65. The van der Waals surface area contributed by atoms with Crippen molar-refractivity contribution in [2.75, 3.05) is 11.5 Å². The number of thiol groups is 2. The van der Waals surface area contributed by atoms with E-state index in [1.165, 1.54) is 0 Å². The second-order valence-corrected chi connectivity index (χ2v) is 1.69. The van der Waals surface area contributed by atoms with Gasteiger partial charge in [-0.05, 0) is 0 Å². The van der Waals surface area contributed by atoms with Crippen LogP contribution in [0.5, 0.6) is 0 Å². The number of aliphatic carboxylic acids is 2. The third kappa shape index (κ3) is 70.2. The van der Waals surface area contributed by atoms with E-state index in [0.717, 1.165) is 0 Å². The molecule has 0 rings (SSSR count). The van der Waals surface area contributed by atoms with Crippen LogP contribution in [0.4, 0.5) is 0 Å². The zero-order valence-corrected chi connectivity index (χ0v) is 9.85. The molecular formula is C4H10MgO6S2. The van der Waals surface area contributed by atoms with Gasteiger partial charge in [-0.25, -0.2) is 0 Å². The SMILES string of the molecule is O.O.O=C([O-])CS.O=C([O-])CS.[Mg+2]. The molecule has 0 aromatic carbocycles. The van der Waals surface area contributed by atoms with Crippen LogP contribution < -0.4 is 10.2 Å². The predicted octanol–water partition coefficient (Wildman–Crippen LogP) is -4.70. The molecule has 76 valence electrons. The maximum atomic E-state index is 9.18. The summed E-state index contributed by atoms with van der Waals surface area (Å²) in [6.45, 7) is 0. The molecule has 13 heavy (non-hydrogen) atoms. The van der Waals surface area contributed by atoms with Gasteiger partial charge in [-0.15, -0.1) is 0 Å². The average molecular weight is 243 g/mol. The third-order valence-corrected chi connectivity index (χ3v) is 0.775. The van der Waals surface area contributed by atoms with Gasteiger partial charge in [0, 0.05) is 11.5 Å². The van der Waals surface area contributed by atoms with Crippen molar-refractivity contribution in [2.45, 2.75) is 0 Å². The van der Waals surface area contributed by atoms with E-state index in [1.807, 2.05) is 0 Å². The summed E-state index contributed by atoms with van der Waals surface area (Å²) in [6, 6.07) is 0. The van der Waals surface area contributed by atoms with E-state index < -0.39 is 11.9 Å². The predicted molar refractivity (Wildman–Crippen MR) is 50.7 cm³/mol. The van der Waals surface area contributed by atoms with Crippen molar-refractivity contribution in [1.29, 1.82) is 0 Å². The van der Waals surface area contributed by atoms with Crippen LogP contribution >= 0.6 is 25.3 Å². The van der Waals surface area contributed by atoms with Crippen LogP contribution in [-0.4, -0.2) is 57.4 Å². The zero-order valence-electron chi connectivity index (χ0n) is 6.65. The molecule has 6 nitrogen and oxygen atoms in total. The number of carboxylic acids is 2. The Kier molecular flexibility index (Phi) is 51.2. The molecule has 9 heteroatoms. The largest absolute Gasteiger partial charge is 2.00 e. The van der Waals surface area contributed by atoms with Crippen molar-refractivity contribution in [3.63, 3.8) is 0 Å². The summed E-state index contributed by atoms with van der Waals surface area (Å²) < 4.78 is 0. The fourth-order valence-electron chi connectivity index (χ4n) is 0. The minimum atomic E-state index is -1.13. The van der Waals surface area contributed by atoms with Crippen molar-refractivity contribution in [2.24, 2.45) is 0 Å². The number of hydrogen-bond acceptors (Lipinski definition) is 6. The molecule has 0 aliphatic carbocycles. The number of carboxylic acid groups (broad SMARTS) is 2. The van der Waals surface area contributed by atoms with E-state index in [9.17, 15) is 19.8 Å². The van der Waals surface area contributed by atoms with E-state index in [1.54, 1.807) is 0 Å². The summed E-state index contributed by atoms with van der Waals surface area (Å²) in [5, 5.41) is 18.4. The van der Waals surface area contributed by atoms with Crippen molar-refractivity contribution < 1.29 is 30.8 Å². The van der Waals surface area contributed by atoms with Crippen LogP contribution in [0.1, 0.15) is 0 Å². The Morgan fingerprint density at radius 2 is 1.00 bits per heavy atom.